The van der Waals surface area contributed by atoms with E-state index in [0.717, 1.165) is 4.75 Å². The molecular formula is C8H15Ge. The Balaban J connectivity index is 2.40. The average Bonchev–Trinajstić information content (AvgIpc) is 1.90. The molecule has 0 saturated carbocycles. The van der Waals surface area contributed by atoms with Gasteiger partial charge in [-0.25, -0.2) is 0 Å². The number of hydrogen-bond donors (Lipinski definition) is 0. The molecule has 0 bridgehead atoms. The van der Waals surface area contributed by atoms with Gasteiger partial charge in [0.05, 0.1) is 0 Å². The zero-order chi connectivity index (χ0) is 6.69. The molecule has 0 nitrogen and oxygen atoms in total. The summed E-state index contributed by atoms with van der Waals surface area (Å²) in [6, 6.07) is 0. The Morgan fingerprint density at radius 2 is 2.22 bits per heavy atom. The van der Waals surface area contributed by atoms with E-state index < -0.39 is 14.3 Å². The minimum atomic E-state index is -0.576. The second-order valence-electron chi connectivity index (χ2n) is 3.04. The van der Waals surface area contributed by atoms with Gasteiger partial charge in [0, 0.05) is 0 Å². The molecule has 0 fully saturated rings. The van der Waals surface area contributed by atoms with Crippen LogP contribution in [0, 0.1) is 0 Å². The van der Waals surface area contributed by atoms with Gasteiger partial charge in [0.1, 0.15) is 0 Å². The van der Waals surface area contributed by atoms with Crippen LogP contribution in [0.4, 0.5) is 0 Å². The van der Waals surface area contributed by atoms with E-state index in [9.17, 15) is 0 Å². The molecule has 0 aliphatic heterocycles. The summed E-state index contributed by atoms with van der Waals surface area (Å²) < 4.78 is 1.04. The summed E-state index contributed by atoms with van der Waals surface area (Å²) in [4.78, 5) is 0. The predicted octanol–water partition coefficient (Wildman–Crippen LogP) is 2.85. The van der Waals surface area contributed by atoms with Crippen LogP contribution in [0.2, 0.25) is 16.3 Å². The Morgan fingerprint density at radius 3 is 2.56 bits per heavy atom. The van der Waals surface area contributed by atoms with E-state index in [4.69, 9.17) is 0 Å². The van der Waals surface area contributed by atoms with Crippen molar-refractivity contribution < 1.29 is 0 Å². The van der Waals surface area contributed by atoms with Crippen molar-refractivity contribution in [1.82, 2.24) is 0 Å². The molecule has 51 valence electrons. The fraction of sp³-hybridized carbons (Fsp3) is 0.750. The Morgan fingerprint density at radius 1 is 1.44 bits per heavy atom. The van der Waals surface area contributed by atoms with Crippen molar-refractivity contribution in [2.24, 2.45) is 0 Å². The Labute approximate surface area is 62.4 Å². The van der Waals surface area contributed by atoms with E-state index in [1.54, 1.807) is 0 Å². The molecule has 1 radical (unpaired) electrons. The van der Waals surface area contributed by atoms with E-state index in [1.165, 1.54) is 19.3 Å². The maximum atomic E-state index is 2.47. The van der Waals surface area contributed by atoms with Gasteiger partial charge in [0.25, 0.3) is 0 Å². The second kappa shape index (κ2) is 3.45. The zero-order valence-corrected chi connectivity index (χ0v) is 8.45. The van der Waals surface area contributed by atoms with Gasteiger partial charge in [-0.3, -0.25) is 0 Å². The van der Waals surface area contributed by atoms with Crippen molar-refractivity contribution in [3.8, 4) is 0 Å². The van der Waals surface area contributed by atoms with Gasteiger partial charge in [-0.05, 0) is 0 Å². The minimum absolute atomic E-state index is 0.576. The molecule has 0 aromatic rings. The van der Waals surface area contributed by atoms with Crippen LogP contribution in [-0.2, 0) is 0 Å². The summed E-state index contributed by atoms with van der Waals surface area (Å²) in [5.74, 6) is 4.95. The molecule has 0 amide bonds. The van der Waals surface area contributed by atoms with E-state index in [0.29, 0.717) is 0 Å². The quantitative estimate of drug-likeness (QED) is 0.434. The third kappa shape index (κ3) is 2.17. The van der Waals surface area contributed by atoms with Crippen LogP contribution >= 0.6 is 0 Å². The number of hydrogen-bond acceptors (Lipinski definition) is 0. The van der Waals surface area contributed by atoms with Gasteiger partial charge in [0.15, 0.2) is 0 Å². The third-order valence-electron chi connectivity index (χ3n) is 2.00. The summed E-state index contributed by atoms with van der Waals surface area (Å²) in [5.41, 5.74) is 0. The van der Waals surface area contributed by atoms with Crippen LogP contribution in [0.25, 0.3) is 0 Å². The van der Waals surface area contributed by atoms with Crippen molar-refractivity contribution in [1.29, 1.82) is 0 Å². The van der Waals surface area contributed by atoms with Gasteiger partial charge in [0.2, 0.25) is 0 Å². The Hall–Kier alpha value is 0.283. The summed E-state index contributed by atoms with van der Waals surface area (Å²) >= 11 is -0.576. The second-order valence-corrected chi connectivity index (χ2v) is 9.12. The summed E-state index contributed by atoms with van der Waals surface area (Å²) in [6.45, 7) is 0. The normalized spacial score (nSPS) is 27.2. The first kappa shape index (κ1) is 7.39. The first-order chi connectivity index (χ1) is 4.30. The molecule has 9 heavy (non-hydrogen) atoms. The van der Waals surface area contributed by atoms with Crippen molar-refractivity contribution in [2.45, 2.75) is 35.5 Å². The Bertz CT molecular complexity index is 105. The van der Waals surface area contributed by atoms with Crippen LogP contribution in [0.3, 0.4) is 0 Å². The molecule has 0 aromatic carbocycles. The molecule has 0 aromatic heterocycles. The van der Waals surface area contributed by atoms with Gasteiger partial charge in [-0.2, -0.15) is 0 Å². The summed E-state index contributed by atoms with van der Waals surface area (Å²) in [5, 5.41) is 0. The molecule has 1 aliphatic carbocycles. The molecular weight excluding hydrogens is 169 g/mol. The molecule has 0 saturated heterocycles. The molecule has 0 spiro atoms. The Kier molecular flexibility index (Phi) is 2.83. The van der Waals surface area contributed by atoms with E-state index in [2.05, 4.69) is 23.7 Å². The van der Waals surface area contributed by atoms with Gasteiger partial charge in [-0.15, -0.1) is 0 Å². The molecule has 1 aliphatic rings. The van der Waals surface area contributed by atoms with Gasteiger partial charge >= 0.3 is 62.0 Å². The van der Waals surface area contributed by atoms with Crippen LogP contribution in [0.5, 0.6) is 0 Å². The zero-order valence-electron chi connectivity index (χ0n) is 6.35. The summed E-state index contributed by atoms with van der Waals surface area (Å²) in [7, 11) is 0. The fourth-order valence-corrected chi connectivity index (χ4v) is 4.03. The van der Waals surface area contributed by atoms with Crippen LogP contribution in [0.15, 0.2) is 12.2 Å². The fourth-order valence-electron chi connectivity index (χ4n) is 1.29. The van der Waals surface area contributed by atoms with Crippen molar-refractivity contribution in [3.05, 3.63) is 12.2 Å². The molecule has 0 heterocycles. The SMILES string of the molecule is [CH3][Ge]([CH3])[CH]1C=CCCC1. The van der Waals surface area contributed by atoms with Crippen molar-refractivity contribution >= 4 is 14.3 Å². The van der Waals surface area contributed by atoms with Gasteiger partial charge in [-0.1, -0.05) is 0 Å². The predicted molar refractivity (Wildman–Crippen MR) is 44.2 cm³/mol. The molecule has 0 N–H and O–H groups in total. The number of rotatable bonds is 1. The van der Waals surface area contributed by atoms with E-state index >= 15 is 0 Å². The molecule has 1 rings (SSSR count). The van der Waals surface area contributed by atoms with Crippen LogP contribution < -0.4 is 0 Å². The first-order valence-electron chi connectivity index (χ1n) is 3.77. The molecule has 1 heteroatoms. The third-order valence-corrected chi connectivity index (χ3v) is 6.12. The van der Waals surface area contributed by atoms with Crippen LogP contribution in [-0.4, -0.2) is 14.3 Å². The average molecular weight is 184 g/mol. The van der Waals surface area contributed by atoms with Crippen LogP contribution in [0.1, 0.15) is 19.3 Å². The maximum absolute atomic E-state index is 2.47. The first-order valence-corrected chi connectivity index (χ1v) is 9.18. The monoisotopic (exact) mass is 185 g/mol. The van der Waals surface area contributed by atoms with Crippen molar-refractivity contribution in [3.63, 3.8) is 0 Å². The van der Waals surface area contributed by atoms with Crippen molar-refractivity contribution in [2.75, 3.05) is 0 Å². The van der Waals surface area contributed by atoms with E-state index in [-0.39, 0.29) is 0 Å². The molecule has 1 unspecified atom stereocenters. The standard InChI is InChI=1S/C8H15Ge/c1-9(2)8-6-4-3-5-7-8/h4,6,8H,3,5,7H2,1-2H3. The number of allylic oxidation sites excluding steroid dienone is 2. The van der Waals surface area contributed by atoms with Gasteiger partial charge < -0.3 is 0 Å². The topological polar surface area (TPSA) is 0 Å². The van der Waals surface area contributed by atoms with E-state index in [1.807, 2.05) is 0 Å². The summed E-state index contributed by atoms with van der Waals surface area (Å²) in [6.07, 6.45) is 9.09. The molecule has 1 atom stereocenters.